The fraction of sp³-hybridized carbons (Fsp3) is 0.233. The zero-order valence-electron chi connectivity index (χ0n) is 21.5. The van der Waals surface area contributed by atoms with Gasteiger partial charge in [0, 0.05) is 10.6 Å². The van der Waals surface area contributed by atoms with Crippen LogP contribution >= 0.6 is 22.9 Å². The van der Waals surface area contributed by atoms with Gasteiger partial charge in [-0.05, 0) is 73.5 Å². The number of halogens is 1. The van der Waals surface area contributed by atoms with Gasteiger partial charge in [0.2, 0.25) is 0 Å². The highest BCUT2D eigenvalue weighted by Crippen LogP contribution is 2.45. The lowest BCUT2D eigenvalue weighted by atomic mass is 9.95. The number of aliphatic hydroxyl groups is 1. The molecule has 9 heteroatoms. The molecule has 0 bridgehead atoms. The minimum atomic E-state index is -0.891. The first-order chi connectivity index (χ1) is 18.9. The molecule has 7 nitrogen and oxygen atoms in total. The highest BCUT2D eigenvalue weighted by Gasteiger charge is 2.48. The summed E-state index contributed by atoms with van der Waals surface area (Å²) in [5.41, 5.74) is 1.68. The number of amides is 1. The molecular formula is C30H27ClN2O5S. The molecule has 1 aliphatic heterocycles. The molecule has 39 heavy (non-hydrogen) atoms. The Balaban J connectivity index is 1.62. The molecule has 0 aliphatic carbocycles. The normalized spacial score (nSPS) is 16.7. The van der Waals surface area contributed by atoms with Crippen LogP contribution < -0.4 is 14.4 Å². The summed E-state index contributed by atoms with van der Waals surface area (Å²) in [6.07, 6.45) is 1.96. The van der Waals surface area contributed by atoms with E-state index < -0.39 is 17.7 Å². The van der Waals surface area contributed by atoms with Gasteiger partial charge in [0.15, 0.2) is 5.13 Å². The van der Waals surface area contributed by atoms with E-state index in [1.54, 1.807) is 48.5 Å². The Labute approximate surface area is 235 Å². The first kappa shape index (κ1) is 26.7. The molecule has 200 valence electrons. The van der Waals surface area contributed by atoms with Crippen LogP contribution in [0.2, 0.25) is 5.02 Å². The standard InChI is InChI=1S/C30H27ClN2O5S/c1-3-5-16-38-21-12-8-18(9-13-21)26-25(27(34)19-6-10-20(31)11-7-19)28(35)29(36)33(26)30-32-23-15-14-22(37-4-2)17-24(23)39-30/h6-15,17,26,34H,3-5,16H2,1-2H3. The molecule has 0 radical (unpaired) electrons. The number of Topliss-reactive ketones (excluding diaryl/α,β-unsaturated/α-hetero) is 1. The van der Waals surface area contributed by atoms with Crippen LogP contribution in [0.5, 0.6) is 11.5 Å². The van der Waals surface area contributed by atoms with E-state index in [-0.39, 0.29) is 11.3 Å². The van der Waals surface area contributed by atoms with Gasteiger partial charge in [-0.15, -0.1) is 0 Å². The molecule has 0 spiro atoms. The van der Waals surface area contributed by atoms with Gasteiger partial charge in [0.1, 0.15) is 17.3 Å². The Hall–Kier alpha value is -3.88. The number of thiazole rings is 1. The number of ketones is 1. The number of aromatic nitrogens is 1. The molecule has 3 aromatic carbocycles. The van der Waals surface area contributed by atoms with Crippen LogP contribution in [0.1, 0.15) is 43.9 Å². The topological polar surface area (TPSA) is 89.0 Å². The maximum atomic E-state index is 13.5. The number of nitrogens with zero attached hydrogens (tertiary/aromatic N) is 2. The number of carbonyl (C=O) groups excluding carboxylic acids is 2. The van der Waals surface area contributed by atoms with Gasteiger partial charge in [-0.3, -0.25) is 14.5 Å². The summed E-state index contributed by atoms with van der Waals surface area (Å²) in [5, 5.41) is 12.1. The first-order valence-corrected chi connectivity index (χ1v) is 13.9. The molecule has 1 aliphatic rings. The smallest absolute Gasteiger partial charge is 0.301 e. The lowest BCUT2D eigenvalue weighted by Gasteiger charge is -2.23. The number of unbranched alkanes of at least 4 members (excludes halogenated alkanes) is 1. The largest absolute Gasteiger partial charge is 0.507 e. The van der Waals surface area contributed by atoms with Crippen molar-refractivity contribution in [2.75, 3.05) is 18.1 Å². The van der Waals surface area contributed by atoms with Crippen LogP contribution in [0.3, 0.4) is 0 Å². The molecular weight excluding hydrogens is 536 g/mol. The predicted octanol–water partition coefficient (Wildman–Crippen LogP) is 7.15. The number of carbonyl (C=O) groups is 2. The Morgan fingerprint density at radius 2 is 1.72 bits per heavy atom. The summed E-state index contributed by atoms with van der Waals surface area (Å²) >= 11 is 7.31. The second-order valence-corrected chi connectivity index (χ2v) is 10.5. The zero-order valence-corrected chi connectivity index (χ0v) is 23.1. The van der Waals surface area contributed by atoms with Crippen LogP contribution in [0.4, 0.5) is 5.13 Å². The summed E-state index contributed by atoms with van der Waals surface area (Å²) in [4.78, 5) is 33.0. The number of fused-ring (bicyclic) bond motifs is 1. The molecule has 5 rings (SSSR count). The maximum Gasteiger partial charge on any atom is 0.301 e. The second kappa shape index (κ2) is 11.5. The van der Waals surface area contributed by atoms with Crippen LogP contribution in [0, 0.1) is 0 Å². The molecule has 4 aromatic rings. The Kier molecular flexibility index (Phi) is 7.86. The van der Waals surface area contributed by atoms with Gasteiger partial charge in [-0.2, -0.15) is 0 Å². The molecule has 0 saturated carbocycles. The molecule has 2 heterocycles. The van der Waals surface area contributed by atoms with Crippen molar-refractivity contribution in [3.8, 4) is 11.5 Å². The summed E-state index contributed by atoms with van der Waals surface area (Å²) in [7, 11) is 0. The minimum Gasteiger partial charge on any atom is -0.507 e. The Bertz CT molecular complexity index is 1550. The quantitative estimate of drug-likeness (QED) is 0.101. The third kappa shape index (κ3) is 5.35. The highest BCUT2D eigenvalue weighted by atomic mass is 35.5. The monoisotopic (exact) mass is 562 g/mol. The van der Waals surface area contributed by atoms with E-state index >= 15 is 0 Å². The van der Waals surface area contributed by atoms with Crippen molar-refractivity contribution in [1.29, 1.82) is 0 Å². The molecule has 1 N–H and O–H groups in total. The average molecular weight is 563 g/mol. The van der Waals surface area contributed by atoms with Crippen molar-refractivity contribution in [2.24, 2.45) is 0 Å². The lowest BCUT2D eigenvalue weighted by Crippen LogP contribution is -2.29. The van der Waals surface area contributed by atoms with Crippen molar-refractivity contribution in [1.82, 2.24) is 4.98 Å². The van der Waals surface area contributed by atoms with Crippen molar-refractivity contribution in [3.63, 3.8) is 0 Å². The van der Waals surface area contributed by atoms with Crippen LogP contribution in [-0.4, -0.2) is 35.0 Å². The fourth-order valence-corrected chi connectivity index (χ4v) is 5.59. The summed E-state index contributed by atoms with van der Waals surface area (Å²) in [6.45, 7) is 5.12. The maximum absolute atomic E-state index is 13.5. The first-order valence-electron chi connectivity index (χ1n) is 12.7. The number of aliphatic hydroxyl groups excluding tert-OH is 1. The number of hydrogen-bond donors (Lipinski definition) is 1. The summed E-state index contributed by atoms with van der Waals surface area (Å²) in [6, 6.07) is 18.3. The second-order valence-electron chi connectivity index (χ2n) is 9.01. The van der Waals surface area contributed by atoms with E-state index in [1.165, 1.54) is 16.2 Å². The number of ether oxygens (including phenoxy) is 2. The average Bonchev–Trinajstić information content (AvgIpc) is 3.47. The van der Waals surface area contributed by atoms with Crippen molar-refractivity contribution < 1.29 is 24.2 Å². The molecule has 1 amide bonds. The number of benzene rings is 3. The fourth-order valence-electron chi connectivity index (χ4n) is 4.44. The Morgan fingerprint density at radius 1 is 1.00 bits per heavy atom. The molecule has 1 saturated heterocycles. The van der Waals surface area contributed by atoms with Gasteiger partial charge >= 0.3 is 5.91 Å². The van der Waals surface area contributed by atoms with E-state index in [0.717, 1.165) is 17.5 Å². The lowest BCUT2D eigenvalue weighted by molar-refractivity contribution is -0.132. The van der Waals surface area contributed by atoms with Crippen molar-refractivity contribution >= 4 is 55.7 Å². The third-order valence-electron chi connectivity index (χ3n) is 6.39. The van der Waals surface area contributed by atoms with Crippen LogP contribution in [0.25, 0.3) is 16.0 Å². The van der Waals surface area contributed by atoms with E-state index in [1.807, 2.05) is 25.1 Å². The summed E-state index contributed by atoms with van der Waals surface area (Å²) in [5.74, 6) is -0.445. The molecule has 1 fully saturated rings. The van der Waals surface area contributed by atoms with Crippen molar-refractivity contribution in [2.45, 2.75) is 32.7 Å². The number of anilines is 1. The SMILES string of the molecule is CCCCOc1ccc(C2C(=C(O)c3ccc(Cl)cc3)C(=O)C(=O)N2c2nc3ccc(OCC)cc3s2)cc1. The van der Waals surface area contributed by atoms with Gasteiger partial charge in [0.05, 0.1) is 35.0 Å². The predicted molar refractivity (Wildman–Crippen MR) is 154 cm³/mol. The van der Waals surface area contributed by atoms with E-state index in [2.05, 4.69) is 11.9 Å². The third-order valence-corrected chi connectivity index (χ3v) is 7.66. The van der Waals surface area contributed by atoms with Crippen LogP contribution in [0.15, 0.2) is 72.3 Å². The number of hydrogen-bond acceptors (Lipinski definition) is 7. The minimum absolute atomic E-state index is 0.0174. The number of rotatable bonds is 9. The van der Waals surface area contributed by atoms with Gasteiger partial charge in [0.25, 0.3) is 5.78 Å². The zero-order chi connectivity index (χ0) is 27.5. The highest BCUT2D eigenvalue weighted by molar-refractivity contribution is 7.22. The Morgan fingerprint density at radius 3 is 2.41 bits per heavy atom. The van der Waals surface area contributed by atoms with E-state index in [4.69, 9.17) is 21.1 Å². The molecule has 1 aromatic heterocycles. The van der Waals surface area contributed by atoms with E-state index in [9.17, 15) is 14.7 Å². The van der Waals surface area contributed by atoms with Crippen LogP contribution in [-0.2, 0) is 9.59 Å². The van der Waals surface area contributed by atoms with Gasteiger partial charge < -0.3 is 14.6 Å². The summed E-state index contributed by atoms with van der Waals surface area (Å²) < 4.78 is 12.2. The van der Waals surface area contributed by atoms with E-state index in [0.29, 0.717) is 51.5 Å². The van der Waals surface area contributed by atoms with Gasteiger partial charge in [-0.25, -0.2) is 4.98 Å². The molecule has 1 atom stereocenters. The molecule has 1 unspecified atom stereocenters. The van der Waals surface area contributed by atoms with Gasteiger partial charge in [-0.1, -0.05) is 48.4 Å². The van der Waals surface area contributed by atoms with Crippen molar-refractivity contribution in [3.05, 3.63) is 88.5 Å².